The number of rotatable bonds is 4. The molecular formula is C10H12N2S. The van der Waals surface area contributed by atoms with Gasteiger partial charge in [0.1, 0.15) is 6.07 Å². The molecule has 2 nitrogen and oxygen atoms in total. The van der Waals surface area contributed by atoms with Crippen LogP contribution in [0.2, 0.25) is 0 Å². The summed E-state index contributed by atoms with van der Waals surface area (Å²) in [6.45, 7) is 0.903. The van der Waals surface area contributed by atoms with Gasteiger partial charge >= 0.3 is 0 Å². The Morgan fingerprint density at radius 2 is 2.23 bits per heavy atom. The summed E-state index contributed by atoms with van der Waals surface area (Å²) in [5.41, 5.74) is 1.64. The van der Waals surface area contributed by atoms with E-state index in [1.54, 1.807) is 11.8 Å². The molecule has 0 amide bonds. The van der Waals surface area contributed by atoms with E-state index in [4.69, 9.17) is 5.26 Å². The third-order valence-corrected chi connectivity index (χ3v) is 2.28. The fourth-order valence-corrected chi connectivity index (χ4v) is 1.33. The Labute approximate surface area is 83.0 Å². The van der Waals surface area contributed by atoms with E-state index in [0.717, 1.165) is 18.0 Å². The Hall–Kier alpha value is -1.14. The first-order chi connectivity index (χ1) is 6.38. The number of nitrogens with one attached hydrogen (secondary N) is 1. The van der Waals surface area contributed by atoms with Crippen molar-refractivity contribution in [1.82, 2.24) is 0 Å². The fraction of sp³-hybridized carbons (Fsp3) is 0.300. The van der Waals surface area contributed by atoms with E-state index >= 15 is 0 Å². The van der Waals surface area contributed by atoms with Gasteiger partial charge in [-0.15, -0.1) is 0 Å². The van der Waals surface area contributed by atoms with Crippen LogP contribution in [0.1, 0.15) is 5.56 Å². The van der Waals surface area contributed by atoms with Crippen LogP contribution in [-0.2, 0) is 0 Å². The van der Waals surface area contributed by atoms with E-state index in [9.17, 15) is 0 Å². The second-order valence-electron chi connectivity index (χ2n) is 2.58. The van der Waals surface area contributed by atoms with Crippen LogP contribution in [0.4, 0.5) is 5.69 Å². The lowest BCUT2D eigenvalue weighted by molar-refractivity contribution is 1.22. The maximum absolute atomic E-state index is 8.78. The highest BCUT2D eigenvalue weighted by molar-refractivity contribution is 7.98. The molecule has 3 heteroatoms. The largest absolute Gasteiger partial charge is 0.383 e. The molecule has 13 heavy (non-hydrogen) atoms. The smallest absolute Gasteiger partial charge is 0.101 e. The molecule has 0 unspecified atom stereocenters. The summed E-state index contributed by atoms with van der Waals surface area (Å²) >= 11 is 1.79. The summed E-state index contributed by atoms with van der Waals surface area (Å²) in [4.78, 5) is 0. The molecule has 0 aliphatic heterocycles. The van der Waals surface area contributed by atoms with Gasteiger partial charge in [0.15, 0.2) is 0 Å². The molecule has 0 heterocycles. The van der Waals surface area contributed by atoms with E-state index in [0.29, 0.717) is 5.56 Å². The molecule has 1 aromatic rings. The van der Waals surface area contributed by atoms with Crippen molar-refractivity contribution >= 4 is 17.4 Å². The zero-order chi connectivity index (χ0) is 9.52. The predicted molar refractivity (Wildman–Crippen MR) is 58.0 cm³/mol. The molecule has 1 rings (SSSR count). The summed E-state index contributed by atoms with van der Waals surface area (Å²) in [7, 11) is 0. The van der Waals surface area contributed by atoms with Crippen LogP contribution in [0.5, 0.6) is 0 Å². The molecular weight excluding hydrogens is 180 g/mol. The summed E-state index contributed by atoms with van der Waals surface area (Å²) in [6, 6.07) is 9.71. The maximum atomic E-state index is 8.78. The summed E-state index contributed by atoms with van der Waals surface area (Å²) in [5, 5.41) is 12.0. The molecule has 0 fully saturated rings. The molecule has 1 aromatic carbocycles. The number of para-hydroxylation sites is 1. The number of hydrogen-bond acceptors (Lipinski definition) is 3. The Balaban J connectivity index is 2.60. The van der Waals surface area contributed by atoms with Gasteiger partial charge in [0.05, 0.1) is 11.3 Å². The van der Waals surface area contributed by atoms with E-state index in [-0.39, 0.29) is 0 Å². The van der Waals surface area contributed by atoms with E-state index in [2.05, 4.69) is 17.6 Å². The van der Waals surface area contributed by atoms with Crippen molar-refractivity contribution in [2.45, 2.75) is 0 Å². The van der Waals surface area contributed by atoms with Crippen molar-refractivity contribution in [2.24, 2.45) is 0 Å². The molecule has 0 bridgehead atoms. The second-order valence-corrected chi connectivity index (χ2v) is 3.56. The summed E-state index contributed by atoms with van der Waals surface area (Å²) in [5.74, 6) is 1.06. The molecule has 0 aliphatic carbocycles. The third kappa shape index (κ3) is 3.00. The Morgan fingerprint density at radius 1 is 1.46 bits per heavy atom. The minimum absolute atomic E-state index is 0.712. The second kappa shape index (κ2) is 5.50. The van der Waals surface area contributed by atoms with Crippen molar-refractivity contribution in [3.63, 3.8) is 0 Å². The van der Waals surface area contributed by atoms with E-state index in [1.165, 1.54) is 0 Å². The zero-order valence-corrected chi connectivity index (χ0v) is 8.40. The van der Waals surface area contributed by atoms with Gasteiger partial charge in [-0.25, -0.2) is 0 Å². The van der Waals surface area contributed by atoms with Crippen LogP contribution in [-0.4, -0.2) is 18.6 Å². The van der Waals surface area contributed by atoms with Crippen LogP contribution in [0.25, 0.3) is 0 Å². The molecule has 0 saturated carbocycles. The quantitative estimate of drug-likeness (QED) is 0.744. The number of anilines is 1. The highest BCUT2D eigenvalue weighted by Gasteiger charge is 1.97. The minimum atomic E-state index is 0.712. The maximum Gasteiger partial charge on any atom is 0.101 e. The van der Waals surface area contributed by atoms with Gasteiger partial charge in [-0.3, -0.25) is 0 Å². The molecule has 1 N–H and O–H groups in total. The number of benzene rings is 1. The van der Waals surface area contributed by atoms with Crippen LogP contribution in [0.3, 0.4) is 0 Å². The van der Waals surface area contributed by atoms with Gasteiger partial charge in [-0.2, -0.15) is 17.0 Å². The Bertz CT molecular complexity index is 304. The standard InChI is InChI=1S/C10H12N2S/c1-13-7-6-12-10-5-3-2-4-9(10)8-11/h2-5,12H,6-7H2,1H3. The zero-order valence-electron chi connectivity index (χ0n) is 7.58. The average Bonchev–Trinajstić information content (AvgIpc) is 2.19. The predicted octanol–water partition coefficient (Wildman–Crippen LogP) is 2.33. The number of nitrogens with zero attached hydrogens (tertiary/aromatic N) is 1. The molecule has 0 saturated heterocycles. The van der Waals surface area contributed by atoms with Gasteiger partial charge in [0.25, 0.3) is 0 Å². The highest BCUT2D eigenvalue weighted by Crippen LogP contribution is 2.12. The lowest BCUT2D eigenvalue weighted by atomic mass is 10.2. The normalized spacial score (nSPS) is 9.23. The summed E-state index contributed by atoms with van der Waals surface area (Å²) < 4.78 is 0. The number of nitriles is 1. The minimum Gasteiger partial charge on any atom is -0.383 e. The number of thioether (sulfide) groups is 1. The van der Waals surface area contributed by atoms with E-state index < -0.39 is 0 Å². The third-order valence-electron chi connectivity index (χ3n) is 1.67. The molecule has 0 aliphatic rings. The van der Waals surface area contributed by atoms with Crippen LogP contribution in [0.15, 0.2) is 24.3 Å². The molecule has 0 spiro atoms. The lowest BCUT2D eigenvalue weighted by Gasteiger charge is -2.05. The van der Waals surface area contributed by atoms with Gasteiger partial charge in [-0.1, -0.05) is 12.1 Å². The van der Waals surface area contributed by atoms with Crippen molar-refractivity contribution < 1.29 is 0 Å². The number of hydrogen-bond donors (Lipinski definition) is 1. The van der Waals surface area contributed by atoms with Gasteiger partial charge in [-0.05, 0) is 18.4 Å². The van der Waals surface area contributed by atoms with Crippen LogP contribution >= 0.6 is 11.8 Å². The first kappa shape index (κ1) is 9.94. The SMILES string of the molecule is CSCCNc1ccccc1C#N. The van der Waals surface area contributed by atoms with Crippen molar-refractivity contribution in [2.75, 3.05) is 23.9 Å². The van der Waals surface area contributed by atoms with Crippen molar-refractivity contribution in [3.05, 3.63) is 29.8 Å². The molecule has 0 atom stereocenters. The first-order valence-corrected chi connectivity index (χ1v) is 5.50. The molecule has 68 valence electrons. The van der Waals surface area contributed by atoms with Gasteiger partial charge in [0.2, 0.25) is 0 Å². The summed E-state index contributed by atoms with van der Waals surface area (Å²) in [6.07, 6.45) is 2.07. The highest BCUT2D eigenvalue weighted by atomic mass is 32.2. The average molecular weight is 192 g/mol. The van der Waals surface area contributed by atoms with Crippen LogP contribution in [0, 0.1) is 11.3 Å². The van der Waals surface area contributed by atoms with Crippen molar-refractivity contribution in [3.8, 4) is 6.07 Å². The first-order valence-electron chi connectivity index (χ1n) is 4.10. The monoisotopic (exact) mass is 192 g/mol. The molecule has 0 radical (unpaired) electrons. The van der Waals surface area contributed by atoms with Crippen LogP contribution < -0.4 is 5.32 Å². The lowest BCUT2D eigenvalue weighted by Crippen LogP contribution is -2.04. The Morgan fingerprint density at radius 3 is 2.92 bits per heavy atom. The van der Waals surface area contributed by atoms with Gasteiger partial charge in [0, 0.05) is 12.3 Å². The topological polar surface area (TPSA) is 35.8 Å². The van der Waals surface area contributed by atoms with Crippen molar-refractivity contribution in [1.29, 1.82) is 5.26 Å². The fourth-order valence-electron chi connectivity index (χ4n) is 1.02. The molecule has 0 aromatic heterocycles. The van der Waals surface area contributed by atoms with E-state index in [1.807, 2.05) is 24.3 Å². The van der Waals surface area contributed by atoms with Gasteiger partial charge < -0.3 is 5.32 Å². The Kier molecular flexibility index (Phi) is 4.20.